The van der Waals surface area contributed by atoms with Crippen molar-refractivity contribution in [1.82, 2.24) is 0 Å². The van der Waals surface area contributed by atoms with E-state index in [1.54, 1.807) is 5.57 Å². The molecule has 0 aromatic rings. The minimum Gasteiger partial charge on any atom is -0.299 e. The fourth-order valence-electron chi connectivity index (χ4n) is 4.07. The van der Waals surface area contributed by atoms with Crippen molar-refractivity contribution in [1.29, 1.82) is 0 Å². The number of carbonyl (C=O) groups excluding carboxylic acids is 1. The van der Waals surface area contributed by atoms with Gasteiger partial charge in [-0.1, -0.05) is 18.6 Å². The van der Waals surface area contributed by atoms with Crippen LogP contribution in [-0.4, -0.2) is 5.78 Å². The van der Waals surface area contributed by atoms with Crippen molar-refractivity contribution >= 4 is 5.78 Å². The lowest BCUT2D eigenvalue weighted by Crippen LogP contribution is -2.45. The molecule has 14 heavy (non-hydrogen) atoms. The van der Waals surface area contributed by atoms with Gasteiger partial charge in [0.25, 0.3) is 0 Å². The summed E-state index contributed by atoms with van der Waals surface area (Å²) in [4.78, 5) is 12.0. The molecule has 0 bridgehead atoms. The van der Waals surface area contributed by atoms with E-state index < -0.39 is 0 Å². The normalized spacial score (nSPS) is 46.1. The van der Waals surface area contributed by atoms with E-state index in [-0.39, 0.29) is 5.41 Å². The zero-order chi connectivity index (χ0) is 9.76. The second kappa shape index (κ2) is 2.71. The fourth-order valence-corrected chi connectivity index (χ4v) is 4.07. The van der Waals surface area contributed by atoms with Gasteiger partial charge in [-0.3, -0.25) is 4.79 Å². The van der Waals surface area contributed by atoms with Crippen molar-refractivity contribution < 1.29 is 4.79 Å². The summed E-state index contributed by atoms with van der Waals surface area (Å²) in [6, 6.07) is 0. The van der Waals surface area contributed by atoms with Gasteiger partial charge in [0, 0.05) is 11.8 Å². The Balaban J connectivity index is 2.04. The van der Waals surface area contributed by atoms with Crippen LogP contribution >= 0.6 is 0 Å². The number of ketones is 1. The van der Waals surface area contributed by atoms with E-state index in [1.165, 1.54) is 19.3 Å². The third-order valence-corrected chi connectivity index (χ3v) is 4.78. The zero-order valence-electron chi connectivity index (χ0n) is 8.88. The van der Waals surface area contributed by atoms with Gasteiger partial charge in [-0.25, -0.2) is 0 Å². The second-order valence-corrected chi connectivity index (χ2v) is 5.49. The van der Waals surface area contributed by atoms with Crippen LogP contribution < -0.4 is 0 Å². The Labute approximate surface area is 85.6 Å². The van der Waals surface area contributed by atoms with Crippen molar-refractivity contribution in [3.8, 4) is 0 Å². The van der Waals surface area contributed by atoms with E-state index in [1.807, 2.05) is 0 Å². The molecule has 0 heterocycles. The quantitative estimate of drug-likeness (QED) is 0.536. The number of hydrogen-bond acceptors (Lipinski definition) is 1. The van der Waals surface area contributed by atoms with Crippen molar-refractivity contribution in [3.05, 3.63) is 11.6 Å². The standard InChI is InChI=1S/C13H18O/c1-13-8-2-3-9-4-5-10(12(9)13)6-7-11(13)14/h4,10,12H,2-3,5-8H2,1H3/t10-,12-,13+/m1/s1. The van der Waals surface area contributed by atoms with Crippen molar-refractivity contribution in [2.75, 3.05) is 0 Å². The summed E-state index contributed by atoms with van der Waals surface area (Å²) in [5.74, 6) is 2.00. The molecule has 0 aliphatic heterocycles. The van der Waals surface area contributed by atoms with Gasteiger partial charge >= 0.3 is 0 Å². The smallest absolute Gasteiger partial charge is 0.139 e. The van der Waals surface area contributed by atoms with Crippen molar-refractivity contribution in [2.24, 2.45) is 17.3 Å². The molecule has 0 radical (unpaired) electrons. The Morgan fingerprint density at radius 2 is 2.29 bits per heavy atom. The summed E-state index contributed by atoms with van der Waals surface area (Å²) in [5, 5.41) is 0. The van der Waals surface area contributed by atoms with Crippen molar-refractivity contribution in [2.45, 2.75) is 45.4 Å². The van der Waals surface area contributed by atoms with Crippen LogP contribution in [0.4, 0.5) is 0 Å². The SMILES string of the molecule is C[C@]12CCCC3=CC[C@H](CCC1=O)[C@@H]32. The monoisotopic (exact) mass is 190 g/mol. The second-order valence-electron chi connectivity index (χ2n) is 5.49. The summed E-state index contributed by atoms with van der Waals surface area (Å²) < 4.78 is 0. The van der Waals surface area contributed by atoms with E-state index in [0.717, 1.165) is 25.2 Å². The van der Waals surface area contributed by atoms with Gasteiger partial charge in [0.05, 0.1) is 0 Å². The Morgan fingerprint density at radius 3 is 3.14 bits per heavy atom. The van der Waals surface area contributed by atoms with Crippen LogP contribution in [0.25, 0.3) is 0 Å². The lowest BCUT2D eigenvalue weighted by Gasteiger charge is -2.46. The first-order valence-electron chi connectivity index (χ1n) is 5.94. The Kier molecular flexibility index (Phi) is 1.68. The van der Waals surface area contributed by atoms with Crippen LogP contribution in [0.2, 0.25) is 0 Å². The van der Waals surface area contributed by atoms with E-state index in [4.69, 9.17) is 0 Å². The number of allylic oxidation sites excluding steroid dienone is 2. The van der Waals surface area contributed by atoms with E-state index in [2.05, 4.69) is 13.0 Å². The molecule has 1 nitrogen and oxygen atoms in total. The summed E-state index contributed by atoms with van der Waals surface area (Å²) in [5.41, 5.74) is 1.65. The lowest BCUT2D eigenvalue weighted by molar-refractivity contribution is -0.136. The number of hydrogen-bond donors (Lipinski definition) is 0. The molecule has 76 valence electrons. The maximum absolute atomic E-state index is 12.0. The molecule has 0 aromatic carbocycles. The molecular formula is C13H18O. The molecule has 2 saturated carbocycles. The van der Waals surface area contributed by atoms with Crippen LogP contribution in [0, 0.1) is 17.3 Å². The van der Waals surface area contributed by atoms with Gasteiger partial charge in [0.1, 0.15) is 5.78 Å². The Bertz CT molecular complexity index is 315. The predicted octanol–water partition coefficient (Wildman–Crippen LogP) is 3.10. The highest BCUT2D eigenvalue weighted by atomic mass is 16.1. The molecule has 1 heteroatoms. The van der Waals surface area contributed by atoms with Gasteiger partial charge in [-0.2, -0.15) is 0 Å². The lowest BCUT2D eigenvalue weighted by atomic mass is 9.56. The molecule has 0 N–H and O–H groups in total. The number of rotatable bonds is 0. The predicted molar refractivity (Wildman–Crippen MR) is 55.9 cm³/mol. The van der Waals surface area contributed by atoms with Crippen LogP contribution in [0.15, 0.2) is 11.6 Å². The molecule has 3 atom stereocenters. The molecule has 0 spiro atoms. The summed E-state index contributed by atoms with van der Waals surface area (Å²) in [6.45, 7) is 2.23. The third kappa shape index (κ3) is 0.933. The molecule has 3 aliphatic rings. The third-order valence-electron chi connectivity index (χ3n) is 4.78. The van der Waals surface area contributed by atoms with Crippen LogP contribution in [-0.2, 0) is 4.79 Å². The molecule has 0 aromatic heterocycles. The average Bonchev–Trinajstić information content (AvgIpc) is 2.58. The largest absolute Gasteiger partial charge is 0.299 e. The molecular weight excluding hydrogens is 172 g/mol. The van der Waals surface area contributed by atoms with Crippen LogP contribution in [0.5, 0.6) is 0 Å². The highest BCUT2D eigenvalue weighted by Gasteiger charge is 2.52. The van der Waals surface area contributed by atoms with E-state index >= 15 is 0 Å². The van der Waals surface area contributed by atoms with Crippen molar-refractivity contribution in [3.63, 3.8) is 0 Å². The van der Waals surface area contributed by atoms with Gasteiger partial charge in [0.2, 0.25) is 0 Å². The summed E-state index contributed by atoms with van der Waals surface area (Å²) in [6.07, 6.45) is 9.33. The van der Waals surface area contributed by atoms with Gasteiger partial charge in [-0.05, 0) is 43.9 Å². The minimum atomic E-state index is 0.0313. The Morgan fingerprint density at radius 1 is 1.43 bits per heavy atom. The first kappa shape index (κ1) is 8.70. The van der Waals surface area contributed by atoms with E-state index in [9.17, 15) is 4.79 Å². The van der Waals surface area contributed by atoms with Gasteiger partial charge in [-0.15, -0.1) is 0 Å². The molecule has 0 unspecified atom stereocenters. The number of Topliss-reactive ketones (excluding diaryl/α,β-unsaturated/α-hetero) is 1. The first-order chi connectivity index (χ1) is 6.72. The minimum absolute atomic E-state index is 0.0313. The highest BCUT2D eigenvalue weighted by molar-refractivity contribution is 5.86. The van der Waals surface area contributed by atoms with E-state index in [0.29, 0.717) is 11.7 Å². The molecule has 0 saturated heterocycles. The molecule has 3 aliphatic carbocycles. The van der Waals surface area contributed by atoms with Gasteiger partial charge < -0.3 is 0 Å². The average molecular weight is 190 g/mol. The molecule has 3 rings (SSSR count). The highest BCUT2D eigenvalue weighted by Crippen LogP contribution is 2.56. The van der Waals surface area contributed by atoms with Crippen LogP contribution in [0.3, 0.4) is 0 Å². The summed E-state index contributed by atoms with van der Waals surface area (Å²) >= 11 is 0. The number of carbonyl (C=O) groups is 1. The maximum atomic E-state index is 12.0. The first-order valence-corrected chi connectivity index (χ1v) is 5.94. The van der Waals surface area contributed by atoms with Crippen LogP contribution in [0.1, 0.15) is 45.4 Å². The summed E-state index contributed by atoms with van der Waals surface area (Å²) in [7, 11) is 0. The Hall–Kier alpha value is -0.590. The maximum Gasteiger partial charge on any atom is 0.139 e. The fraction of sp³-hybridized carbons (Fsp3) is 0.769. The topological polar surface area (TPSA) is 17.1 Å². The molecule has 2 fully saturated rings. The zero-order valence-corrected chi connectivity index (χ0v) is 8.88. The molecule has 0 amide bonds. The van der Waals surface area contributed by atoms with Gasteiger partial charge in [0.15, 0.2) is 0 Å².